The maximum absolute atomic E-state index is 15.8. The van der Waals surface area contributed by atoms with Crippen molar-refractivity contribution in [2.24, 2.45) is 24.8 Å². The number of carbonyl (C=O) groups is 2. The van der Waals surface area contributed by atoms with Crippen molar-refractivity contribution < 1.29 is 23.8 Å². The normalized spacial score (nSPS) is 19.9. The fraction of sp³-hybridized carbons (Fsp3) is 0.500. The van der Waals surface area contributed by atoms with E-state index in [1.165, 1.54) is 28.3 Å². The van der Waals surface area contributed by atoms with E-state index in [-0.39, 0.29) is 46.9 Å². The number of anilines is 1. The molecule has 2 aliphatic rings. The van der Waals surface area contributed by atoms with E-state index in [9.17, 15) is 19.5 Å². The maximum atomic E-state index is 15.8. The second-order valence-corrected chi connectivity index (χ2v) is 17.2. The lowest BCUT2D eigenvalue weighted by molar-refractivity contribution is -0.132. The van der Waals surface area contributed by atoms with Crippen molar-refractivity contribution in [1.29, 1.82) is 0 Å². The summed E-state index contributed by atoms with van der Waals surface area (Å²) < 4.78 is 23.2. The molecule has 5 atom stereocenters. The minimum absolute atomic E-state index is 0.00230. The SMILES string of the molecule is CCc1ccc(C(=O)Nc2ccc(F)c(-c3cccc(-c4cc5c(c(OC)n4)C(CC(CC)CCC4(CC)CCC(C(C)CCO)C(=O)N4)CC5)c3Cl)c2C)c(=O)n1C. The first kappa shape index (κ1) is 44.0. The molecule has 2 aromatic carbocycles. The van der Waals surface area contributed by atoms with Crippen LogP contribution in [-0.2, 0) is 24.7 Å². The van der Waals surface area contributed by atoms with Crippen LogP contribution in [0.5, 0.6) is 5.88 Å². The van der Waals surface area contributed by atoms with Gasteiger partial charge in [0, 0.05) is 58.7 Å². The van der Waals surface area contributed by atoms with Crippen LogP contribution in [0.3, 0.4) is 0 Å². The number of aliphatic hydroxyl groups excluding tert-OH is 1. The summed E-state index contributed by atoms with van der Waals surface area (Å²) in [6, 6.07) is 13.6. The Bertz CT molecular complexity index is 2260. The van der Waals surface area contributed by atoms with Gasteiger partial charge < -0.3 is 25.0 Å². The Morgan fingerprint density at radius 2 is 1.88 bits per heavy atom. The van der Waals surface area contributed by atoms with Crippen molar-refractivity contribution in [1.82, 2.24) is 14.9 Å². The minimum atomic E-state index is -0.576. The number of hydrogen-bond acceptors (Lipinski definition) is 6. The molecule has 3 heterocycles. The maximum Gasteiger partial charge on any atom is 0.263 e. The van der Waals surface area contributed by atoms with Gasteiger partial charge in [-0.1, -0.05) is 63.9 Å². The quantitative estimate of drug-likeness (QED) is 0.103. The van der Waals surface area contributed by atoms with Crippen LogP contribution in [0.2, 0.25) is 5.02 Å². The molecule has 11 heteroatoms. The van der Waals surface area contributed by atoms with Gasteiger partial charge in [0.1, 0.15) is 11.4 Å². The summed E-state index contributed by atoms with van der Waals surface area (Å²) in [6.07, 6.45) is 9.90. The summed E-state index contributed by atoms with van der Waals surface area (Å²) in [5, 5.41) is 16.0. The number of nitrogens with zero attached hydrogens (tertiary/aromatic N) is 2. The van der Waals surface area contributed by atoms with Gasteiger partial charge in [-0.3, -0.25) is 14.4 Å². The number of piperidine rings is 1. The van der Waals surface area contributed by atoms with Gasteiger partial charge >= 0.3 is 0 Å². The van der Waals surface area contributed by atoms with Crippen LogP contribution in [0.1, 0.15) is 124 Å². The molecular formula is C48H60ClFN4O5. The highest BCUT2D eigenvalue weighted by molar-refractivity contribution is 6.36. The zero-order valence-electron chi connectivity index (χ0n) is 35.6. The van der Waals surface area contributed by atoms with E-state index < -0.39 is 17.3 Å². The van der Waals surface area contributed by atoms with Crippen molar-refractivity contribution in [2.45, 2.75) is 117 Å². The van der Waals surface area contributed by atoms with Crippen LogP contribution in [0.4, 0.5) is 10.1 Å². The van der Waals surface area contributed by atoms with Gasteiger partial charge in [0.05, 0.1) is 17.8 Å². The highest BCUT2D eigenvalue weighted by atomic mass is 35.5. The molecule has 5 unspecified atom stereocenters. The first-order chi connectivity index (χ1) is 28.3. The zero-order chi connectivity index (χ0) is 42.6. The Hall–Kier alpha value is -4.54. The van der Waals surface area contributed by atoms with E-state index in [2.05, 4.69) is 37.5 Å². The Balaban J connectivity index is 1.21. The third-order valence-corrected chi connectivity index (χ3v) is 13.9. The number of nitrogens with one attached hydrogen (secondary N) is 2. The van der Waals surface area contributed by atoms with Crippen LogP contribution in [0.25, 0.3) is 22.4 Å². The third kappa shape index (κ3) is 8.99. The Kier molecular flexibility index (Phi) is 14.0. The van der Waals surface area contributed by atoms with Gasteiger partial charge in [-0.25, -0.2) is 9.37 Å². The molecule has 9 nitrogen and oxygen atoms in total. The van der Waals surface area contributed by atoms with Crippen molar-refractivity contribution in [3.63, 3.8) is 0 Å². The summed E-state index contributed by atoms with van der Waals surface area (Å²) in [4.78, 5) is 44.5. The van der Waals surface area contributed by atoms with Gasteiger partial charge in [-0.15, -0.1) is 0 Å². The number of aliphatic hydroxyl groups is 1. The molecule has 1 saturated heterocycles. The molecule has 4 aromatic rings. The van der Waals surface area contributed by atoms with Crippen molar-refractivity contribution in [3.05, 3.63) is 97.7 Å². The Labute approximate surface area is 353 Å². The number of hydrogen-bond donors (Lipinski definition) is 3. The number of aromatic nitrogens is 2. The molecule has 2 aromatic heterocycles. The van der Waals surface area contributed by atoms with Crippen LogP contribution in [-0.4, -0.2) is 45.7 Å². The molecular weight excluding hydrogens is 767 g/mol. The van der Waals surface area contributed by atoms with E-state index in [1.54, 1.807) is 33.2 Å². The first-order valence-corrected chi connectivity index (χ1v) is 21.8. The van der Waals surface area contributed by atoms with Gasteiger partial charge in [0.15, 0.2) is 0 Å². The fourth-order valence-electron chi connectivity index (χ4n) is 9.62. The highest BCUT2D eigenvalue weighted by Gasteiger charge is 2.40. The molecule has 3 N–H and O–H groups in total. The second kappa shape index (κ2) is 18.8. The van der Waals surface area contributed by atoms with Crippen molar-refractivity contribution >= 4 is 29.1 Å². The number of aryl methyl sites for hydroxylation is 2. The standard InChI is InChI=1S/C48H60ClFN4O5/c1-8-30(20-23-48(10-3)24-21-34(45(57)53-48)28(4)22-25-55)26-31-14-15-32-27-40(52-46(59-7)42(31)32)35-12-11-13-36(43(35)49)41-29(5)39(19-18-38(41)50)51-44(56)37-17-16-33(9-2)54(6)47(37)58/h11-13,16-19,27-28,30-31,34,55H,8-10,14-15,20-26H2,1-7H3,(H,51,56)(H,53,57). The smallest absolute Gasteiger partial charge is 0.263 e. The Morgan fingerprint density at radius 1 is 1.12 bits per heavy atom. The van der Waals surface area contributed by atoms with E-state index in [0.29, 0.717) is 57.7 Å². The summed E-state index contributed by atoms with van der Waals surface area (Å²) in [6.45, 7) is 10.3. The predicted molar refractivity (Wildman–Crippen MR) is 234 cm³/mol. The molecule has 316 valence electrons. The molecule has 1 aliphatic carbocycles. The van der Waals surface area contributed by atoms with E-state index in [0.717, 1.165) is 69.0 Å². The number of methoxy groups -OCH3 is 1. The predicted octanol–water partition coefficient (Wildman–Crippen LogP) is 9.96. The zero-order valence-corrected chi connectivity index (χ0v) is 36.4. The average Bonchev–Trinajstić information content (AvgIpc) is 3.64. The number of pyridine rings is 2. The van der Waals surface area contributed by atoms with Crippen LogP contribution >= 0.6 is 11.6 Å². The lowest BCUT2D eigenvalue weighted by Crippen LogP contribution is -2.55. The largest absolute Gasteiger partial charge is 0.481 e. The van der Waals surface area contributed by atoms with Gasteiger partial charge in [-0.05, 0) is 130 Å². The number of amides is 2. The number of fused-ring (bicyclic) bond motifs is 1. The fourth-order valence-corrected chi connectivity index (χ4v) is 9.93. The summed E-state index contributed by atoms with van der Waals surface area (Å²) in [5.41, 5.74) is 5.36. The topological polar surface area (TPSA) is 123 Å². The highest BCUT2D eigenvalue weighted by Crippen LogP contribution is 2.47. The lowest BCUT2D eigenvalue weighted by atomic mass is 9.73. The molecule has 1 aliphatic heterocycles. The third-order valence-electron chi connectivity index (χ3n) is 13.5. The number of rotatable bonds is 16. The molecule has 0 saturated carbocycles. The van der Waals surface area contributed by atoms with Crippen LogP contribution in [0.15, 0.2) is 53.3 Å². The summed E-state index contributed by atoms with van der Waals surface area (Å²) in [7, 11) is 3.29. The number of benzene rings is 2. The molecule has 59 heavy (non-hydrogen) atoms. The van der Waals surface area contributed by atoms with Gasteiger partial charge in [0.2, 0.25) is 11.8 Å². The molecule has 0 bridgehead atoms. The van der Waals surface area contributed by atoms with Crippen molar-refractivity contribution in [3.8, 4) is 28.3 Å². The molecule has 6 rings (SSSR count). The average molecular weight is 827 g/mol. The monoisotopic (exact) mass is 826 g/mol. The number of ether oxygens (including phenoxy) is 1. The minimum Gasteiger partial charge on any atom is -0.481 e. The van der Waals surface area contributed by atoms with Crippen molar-refractivity contribution in [2.75, 3.05) is 19.0 Å². The lowest BCUT2D eigenvalue weighted by Gasteiger charge is -2.42. The second-order valence-electron chi connectivity index (χ2n) is 16.8. The van der Waals surface area contributed by atoms with E-state index in [4.69, 9.17) is 21.3 Å². The summed E-state index contributed by atoms with van der Waals surface area (Å²) in [5.74, 6) is 0.530. The summed E-state index contributed by atoms with van der Waals surface area (Å²) >= 11 is 7.16. The van der Waals surface area contributed by atoms with E-state index >= 15 is 4.39 Å². The van der Waals surface area contributed by atoms with Crippen LogP contribution < -0.4 is 20.9 Å². The first-order valence-electron chi connectivity index (χ1n) is 21.4. The van der Waals surface area contributed by atoms with Gasteiger partial charge in [-0.2, -0.15) is 0 Å². The van der Waals surface area contributed by atoms with E-state index in [1.807, 2.05) is 19.1 Å². The number of carbonyl (C=O) groups excluding carboxylic acids is 2. The van der Waals surface area contributed by atoms with Gasteiger partial charge in [0.25, 0.3) is 11.5 Å². The van der Waals surface area contributed by atoms with Crippen LogP contribution in [0, 0.1) is 30.5 Å². The Morgan fingerprint density at radius 3 is 2.56 bits per heavy atom. The molecule has 2 amide bonds. The molecule has 1 fully saturated rings. The molecule has 0 spiro atoms. The molecule has 0 radical (unpaired) electrons. The number of halogens is 2.